The molecule has 1 aromatic rings. The summed E-state index contributed by atoms with van der Waals surface area (Å²) in [5.74, 6) is -3.18. The van der Waals surface area contributed by atoms with Crippen molar-refractivity contribution in [3.63, 3.8) is 0 Å². The molecule has 1 N–H and O–H groups in total. The van der Waals surface area contributed by atoms with Crippen molar-refractivity contribution in [2.75, 3.05) is 19.7 Å². The molecule has 0 spiro atoms. The van der Waals surface area contributed by atoms with Gasteiger partial charge in [0.1, 0.15) is 0 Å². The first-order valence-corrected chi connectivity index (χ1v) is 10.3. The Labute approximate surface area is 152 Å². The molecule has 1 aliphatic heterocycles. The number of sulfone groups is 1. The lowest BCUT2D eigenvalue weighted by atomic mass is 9.93. The minimum Gasteiger partial charge on any atom is -0.481 e. The molecular weight excluding hydrogens is 358 g/mol. The molecule has 0 aromatic heterocycles. The first kappa shape index (κ1) is 18.8. The van der Waals surface area contributed by atoms with E-state index in [0.29, 0.717) is 19.7 Å². The third-order valence-corrected chi connectivity index (χ3v) is 7.42. The van der Waals surface area contributed by atoms with Gasteiger partial charge in [-0.25, -0.2) is 8.42 Å². The minimum atomic E-state index is -3.66. The molecule has 2 fully saturated rings. The van der Waals surface area contributed by atoms with Gasteiger partial charge < -0.3 is 14.7 Å². The summed E-state index contributed by atoms with van der Waals surface area (Å²) in [6.07, 6.45) is -0.00776. The van der Waals surface area contributed by atoms with Crippen molar-refractivity contribution in [1.29, 1.82) is 0 Å². The molecular formula is C18H23NO6S. The number of aliphatic carboxylic acids is 1. The third-order valence-electron chi connectivity index (χ3n) is 5.23. The Morgan fingerprint density at radius 3 is 2.35 bits per heavy atom. The minimum absolute atomic E-state index is 0.0162. The van der Waals surface area contributed by atoms with E-state index in [4.69, 9.17) is 4.74 Å². The van der Waals surface area contributed by atoms with Crippen molar-refractivity contribution in [3.8, 4) is 0 Å². The van der Waals surface area contributed by atoms with E-state index in [1.165, 1.54) is 12.1 Å². The van der Waals surface area contributed by atoms with Gasteiger partial charge in [-0.1, -0.05) is 18.2 Å². The van der Waals surface area contributed by atoms with E-state index in [1.807, 2.05) is 6.92 Å². The van der Waals surface area contributed by atoms with Crippen LogP contribution in [0.2, 0.25) is 0 Å². The summed E-state index contributed by atoms with van der Waals surface area (Å²) in [7, 11) is -3.66. The van der Waals surface area contributed by atoms with Gasteiger partial charge in [-0.3, -0.25) is 9.59 Å². The van der Waals surface area contributed by atoms with Crippen LogP contribution in [-0.4, -0.2) is 61.4 Å². The van der Waals surface area contributed by atoms with E-state index in [1.54, 1.807) is 23.1 Å². The highest BCUT2D eigenvalue weighted by Crippen LogP contribution is 2.40. The summed E-state index contributed by atoms with van der Waals surface area (Å²) >= 11 is 0. The summed E-state index contributed by atoms with van der Waals surface area (Å²) < 4.78 is 31.1. The molecule has 3 atom stereocenters. The van der Waals surface area contributed by atoms with Gasteiger partial charge in [0.05, 0.1) is 28.1 Å². The van der Waals surface area contributed by atoms with E-state index >= 15 is 0 Å². The Morgan fingerprint density at radius 1 is 1.15 bits per heavy atom. The van der Waals surface area contributed by atoms with E-state index in [-0.39, 0.29) is 29.7 Å². The summed E-state index contributed by atoms with van der Waals surface area (Å²) in [4.78, 5) is 26.1. The number of likely N-dealkylation sites (tertiary alicyclic amines) is 1. The summed E-state index contributed by atoms with van der Waals surface area (Å²) in [6, 6.07) is 7.99. The predicted octanol–water partition coefficient (Wildman–Crippen LogP) is 1.19. The van der Waals surface area contributed by atoms with E-state index in [2.05, 4.69) is 0 Å². The van der Waals surface area contributed by atoms with Crippen LogP contribution in [0.4, 0.5) is 0 Å². The lowest BCUT2D eigenvalue weighted by molar-refractivity contribution is -0.156. The van der Waals surface area contributed by atoms with Crippen molar-refractivity contribution in [1.82, 2.24) is 4.90 Å². The highest BCUT2D eigenvalue weighted by atomic mass is 32.2. The van der Waals surface area contributed by atoms with Crippen molar-refractivity contribution in [2.24, 2.45) is 11.8 Å². The standard InChI is InChI=1S/C18H23NO6S/c1-2-25-12-10-19(11-12)17(20)15-8-14(9-16(15)18(21)22)26(23,24)13-6-4-3-5-7-13/h3-7,12,14-16H,2,8-11H2,1H3,(H,21,22)/t14-,15-,16-/m1/s1. The number of hydrogen-bond donors (Lipinski definition) is 1. The van der Waals surface area contributed by atoms with E-state index < -0.39 is 32.9 Å². The highest BCUT2D eigenvalue weighted by molar-refractivity contribution is 7.92. The Bertz CT molecular complexity index is 772. The van der Waals surface area contributed by atoms with Crippen LogP contribution in [0.15, 0.2) is 35.2 Å². The summed E-state index contributed by atoms with van der Waals surface area (Å²) in [6.45, 7) is 3.31. The van der Waals surface area contributed by atoms with Crippen LogP contribution in [0.5, 0.6) is 0 Å². The molecule has 1 aromatic carbocycles. The van der Waals surface area contributed by atoms with Gasteiger partial charge in [0.25, 0.3) is 0 Å². The Morgan fingerprint density at radius 2 is 1.77 bits per heavy atom. The first-order chi connectivity index (χ1) is 12.3. The van der Waals surface area contributed by atoms with Gasteiger partial charge in [0, 0.05) is 19.7 Å². The lowest BCUT2D eigenvalue weighted by Gasteiger charge is -2.40. The fraction of sp³-hybridized carbons (Fsp3) is 0.556. The van der Waals surface area contributed by atoms with Gasteiger partial charge in [-0.15, -0.1) is 0 Å². The second-order valence-corrected chi connectivity index (χ2v) is 9.05. The molecule has 1 heterocycles. The molecule has 1 amide bonds. The van der Waals surface area contributed by atoms with E-state index in [0.717, 1.165) is 0 Å². The fourth-order valence-electron chi connectivity index (χ4n) is 3.79. The number of hydrogen-bond acceptors (Lipinski definition) is 5. The maximum absolute atomic E-state index is 12.8. The molecule has 0 radical (unpaired) electrons. The number of rotatable bonds is 6. The molecule has 142 valence electrons. The maximum atomic E-state index is 12.8. The number of carboxylic acids is 1. The molecule has 0 unspecified atom stereocenters. The SMILES string of the molecule is CCOC1CN(C(=O)[C@@H]2C[C@@H](S(=O)(=O)c3ccccc3)C[C@H]2C(=O)O)C1. The number of nitrogens with zero attached hydrogens (tertiary/aromatic N) is 1. The monoisotopic (exact) mass is 381 g/mol. The molecule has 7 nitrogen and oxygen atoms in total. The largest absolute Gasteiger partial charge is 0.481 e. The van der Waals surface area contributed by atoms with Gasteiger partial charge >= 0.3 is 5.97 Å². The summed E-state index contributed by atoms with van der Waals surface area (Å²) in [5.41, 5.74) is 0. The van der Waals surface area contributed by atoms with Crippen molar-refractivity contribution in [2.45, 2.75) is 36.0 Å². The normalized spacial score (nSPS) is 26.5. The molecule has 0 bridgehead atoms. The highest BCUT2D eigenvalue weighted by Gasteiger charge is 2.50. The van der Waals surface area contributed by atoms with Crippen molar-refractivity contribution >= 4 is 21.7 Å². The quantitative estimate of drug-likeness (QED) is 0.794. The van der Waals surface area contributed by atoms with Crippen LogP contribution < -0.4 is 0 Å². The van der Waals surface area contributed by atoms with Gasteiger partial charge in [-0.2, -0.15) is 0 Å². The number of ether oxygens (including phenoxy) is 1. The molecule has 1 saturated carbocycles. The number of carbonyl (C=O) groups excluding carboxylic acids is 1. The average Bonchev–Trinajstić information content (AvgIpc) is 3.04. The van der Waals surface area contributed by atoms with Crippen molar-refractivity contribution < 1.29 is 27.9 Å². The van der Waals surface area contributed by atoms with Crippen LogP contribution in [0.25, 0.3) is 0 Å². The number of benzene rings is 1. The zero-order valence-corrected chi connectivity index (χ0v) is 15.4. The first-order valence-electron chi connectivity index (χ1n) is 8.76. The van der Waals surface area contributed by atoms with Gasteiger partial charge in [-0.05, 0) is 31.9 Å². The van der Waals surface area contributed by atoms with Crippen LogP contribution in [0.1, 0.15) is 19.8 Å². The Kier molecular flexibility index (Phi) is 5.34. The zero-order valence-electron chi connectivity index (χ0n) is 14.6. The topological polar surface area (TPSA) is 101 Å². The van der Waals surface area contributed by atoms with Crippen LogP contribution in [-0.2, 0) is 24.2 Å². The fourth-order valence-corrected chi connectivity index (χ4v) is 5.63. The van der Waals surface area contributed by atoms with Crippen molar-refractivity contribution in [3.05, 3.63) is 30.3 Å². The van der Waals surface area contributed by atoms with Crippen LogP contribution in [0, 0.1) is 11.8 Å². The smallest absolute Gasteiger partial charge is 0.307 e. The second-order valence-electron chi connectivity index (χ2n) is 6.82. The predicted molar refractivity (Wildman–Crippen MR) is 93.3 cm³/mol. The van der Waals surface area contributed by atoms with Gasteiger partial charge in [0.2, 0.25) is 5.91 Å². The van der Waals surface area contributed by atoms with E-state index in [9.17, 15) is 23.1 Å². The number of amides is 1. The molecule has 2 aliphatic rings. The van der Waals surface area contributed by atoms with Gasteiger partial charge in [0.15, 0.2) is 9.84 Å². The Hall–Kier alpha value is -1.93. The molecule has 8 heteroatoms. The summed E-state index contributed by atoms with van der Waals surface area (Å²) in [5, 5.41) is 8.65. The lowest BCUT2D eigenvalue weighted by Crippen LogP contribution is -2.57. The van der Waals surface area contributed by atoms with Crippen LogP contribution in [0.3, 0.4) is 0 Å². The molecule has 26 heavy (non-hydrogen) atoms. The Balaban J connectivity index is 1.75. The molecule has 1 saturated heterocycles. The molecule has 1 aliphatic carbocycles. The second kappa shape index (κ2) is 7.36. The average molecular weight is 381 g/mol. The number of carbonyl (C=O) groups is 2. The number of carboxylic acid groups (broad SMARTS) is 1. The maximum Gasteiger partial charge on any atom is 0.307 e. The zero-order chi connectivity index (χ0) is 18.9. The third kappa shape index (κ3) is 3.48. The molecule has 3 rings (SSSR count). The van der Waals surface area contributed by atoms with Crippen LogP contribution >= 0.6 is 0 Å².